The van der Waals surface area contributed by atoms with Crippen LogP contribution in [0.5, 0.6) is 0 Å². The summed E-state index contributed by atoms with van der Waals surface area (Å²) in [6, 6.07) is 8.28. The van der Waals surface area contributed by atoms with Gasteiger partial charge in [-0.25, -0.2) is 9.97 Å². The van der Waals surface area contributed by atoms with Crippen LogP contribution in [0.15, 0.2) is 42.7 Å². The molecule has 6 heteroatoms. The lowest BCUT2D eigenvalue weighted by atomic mass is 10.2. The Labute approximate surface area is 97.5 Å². The predicted molar refractivity (Wildman–Crippen MR) is 62.5 cm³/mol. The molecule has 17 heavy (non-hydrogen) atoms. The molecule has 0 saturated heterocycles. The van der Waals surface area contributed by atoms with E-state index in [9.17, 15) is 10.1 Å². The topological polar surface area (TPSA) is 81.0 Å². The highest BCUT2D eigenvalue weighted by Crippen LogP contribution is 2.18. The SMILES string of the molecule is O=[N+]([O-])c1ccccc1CNc1ncccn1. The Kier molecular flexibility index (Phi) is 3.25. The van der Waals surface area contributed by atoms with E-state index < -0.39 is 4.92 Å². The maximum Gasteiger partial charge on any atom is 0.274 e. The summed E-state index contributed by atoms with van der Waals surface area (Å²) in [5, 5.41) is 13.7. The lowest BCUT2D eigenvalue weighted by molar-refractivity contribution is -0.385. The van der Waals surface area contributed by atoms with E-state index >= 15 is 0 Å². The van der Waals surface area contributed by atoms with E-state index in [1.807, 2.05) is 0 Å². The summed E-state index contributed by atoms with van der Waals surface area (Å²) < 4.78 is 0. The smallest absolute Gasteiger partial charge is 0.274 e. The van der Waals surface area contributed by atoms with Gasteiger partial charge in [-0.15, -0.1) is 0 Å². The van der Waals surface area contributed by atoms with Crippen LogP contribution >= 0.6 is 0 Å². The molecule has 0 aliphatic carbocycles. The maximum absolute atomic E-state index is 10.8. The van der Waals surface area contributed by atoms with Gasteiger partial charge in [-0.1, -0.05) is 18.2 Å². The van der Waals surface area contributed by atoms with Gasteiger partial charge in [0.1, 0.15) is 0 Å². The Balaban J connectivity index is 2.12. The van der Waals surface area contributed by atoms with Crippen LogP contribution in [0.2, 0.25) is 0 Å². The van der Waals surface area contributed by atoms with E-state index in [0.29, 0.717) is 18.1 Å². The van der Waals surface area contributed by atoms with Gasteiger partial charge in [0.15, 0.2) is 0 Å². The molecule has 0 aliphatic rings. The first-order chi connectivity index (χ1) is 8.27. The van der Waals surface area contributed by atoms with Crippen molar-refractivity contribution in [2.75, 3.05) is 5.32 Å². The van der Waals surface area contributed by atoms with E-state index in [0.717, 1.165) is 0 Å². The normalized spacial score (nSPS) is 9.88. The summed E-state index contributed by atoms with van der Waals surface area (Å²) in [5.74, 6) is 0.450. The van der Waals surface area contributed by atoms with E-state index in [1.165, 1.54) is 6.07 Å². The second-order valence-electron chi connectivity index (χ2n) is 3.31. The minimum atomic E-state index is -0.400. The standard InChI is InChI=1S/C11H10N4O2/c16-15(17)10-5-2-1-4-9(10)8-14-11-12-6-3-7-13-11/h1-7H,8H2,(H,12,13,14). The number of nitro benzene ring substituents is 1. The quantitative estimate of drug-likeness (QED) is 0.641. The first-order valence-corrected chi connectivity index (χ1v) is 5.00. The molecule has 0 bridgehead atoms. The van der Waals surface area contributed by atoms with Gasteiger partial charge in [0.2, 0.25) is 5.95 Å². The van der Waals surface area contributed by atoms with Crippen LogP contribution < -0.4 is 5.32 Å². The zero-order valence-corrected chi connectivity index (χ0v) is 8.91. The molecule has 0 aliphatic heterocycles. The molecule has 1 aromatic carbocycles. The highest BCUT2D eigenvalue weighted by molar-refractivity contribution is 5.41. The van der Waals surface area contributed by atoms with Crippen molar-refractivity contribution < 1.29 is 4.92 Å². The Morgan fingerprint density at radius 1 is 1.18 bits per heavy atom. The number of nitrogens with one attached hydrogen (secondary N) is 1. The summed E-state index contributed by atoms with van der Waals surface area (Å²) in [5.41, 5.74) is 0.695. The third-order valence-corrected chi connectivity index (χ3v) is 2.19. The third kappa shape index (κ3) is 2.75. The van der Waals surface area contributed by atoms with E-state index in [1.54, 1.807) is 36.7 Å². The van der Waals surface area contributed by atoms with Gasteiger partial charge in [0, 0.05) is 30.6 Å². The van der Waals surface area contributed by atoms with Crippen molar-refractivity contribution in [1.82, 2.24) is 9.97 Å². The fourth-order valence-electron chi connectivity index (χ4n) is 1.40. The molecule has 0 saturated carbocycles. The van der Waals surface area contributed by atoms with Crippen molar-refractivity contribution in [2.24, 2.45) is 0 Å². The van der Waals surface area contributed by atoms with Gasteiger partial charge < -0.3 is 5.32 Å². The molecule has 1 heterocycles. The van der Waals surface area contributed by atoms with Crippen molar-refractivity contribution in [3.63, 3.8) is 0 Å². The molecular formula is C11H10N4O2. The molecule has 1 aromatic heterocycles. The molecule has 2 rings (SSSR count). The van der Waals surface area contributed by atoms with Crippen LogP contribution in [0, 0.1) is 10.1 Å². The number of rotatable bonds is 4. The number of nitrogens with zero attached hydrogens (tertiary/aromatic N) is 3. The summed E-state index contributed by atoms with van der Waals surface area (Å²) in [6.07, 6.45) is 3.21. The number of anilines is 1. The van der Waals surface area contributed by atoms with Crippen LogP contribution in [0.1, 0.15) is 5.56 Å². The van der Waals surface area contributed by atoms with Crippen molar-refractivity contribution in [3.8, 4) is 0 Å². The first kappa shape index (κ1) is 11.0. The molecule has 0 spiro atoms. The number of nitro groups is 1. The van der Waals surface area contributed by atoms with Crippen LogP contribution in [-0.2, 0) is 6.54 Å². The molecule has 86 valence electrons. The lowest BCUT2D eigenvalue weighted by Gasteiger charge is -2.04. The van der Waals surface area contributed by atoms with E-state index in [2.05, 4.69) is 15.3 Å². The van der Waals surface area contributed by atoms with Gasteiger partial charge in [-0.3, -0.25) is 10.1 Å². The fraction of sp³-hybridized carbons (Fsp3) is 0.0909. The van der Waals surface area contributed by atoms with Crippen LogP contribution in [0.3, 0.4) is 0 Å². The number of benzene rings is 1. The molecule has 0 fully saturated rings. The Hall–Kier alpha value is -2.50. The molecule has 0 unspecified atom stereocenters. The zero-order valence-electron chi connectivity index (χ0n) is 8.91. The van der Waals surface area contributed by atoms with Gasteiger partial charge >= 0.3 is 0 Å². The highest BCUT2D eigenvalue weighted by atomic mass is 16.6. The zero-order chi connectivity index (χ0) is 12.1. The van der Waals surface area contributed by atoms with Gasteiger partial charge in [0.05, 0.1) is 4.92 Å². The lowest BCUT2D eigenvalue weighted by Crippen LogP contribution is -2.05. The van der Waals surface area contributed by atoms with Crippen molar-refractivity contribution in [2.45, 2.75) is 6.54 Å². The first-order valence-electron chi connectivity index (χ1n) is 5.00. The largest absolute Gasteiger partial charge is 0.350 e. The van der Waals surface area contributed by atoms with Crippen LogP contribution in [-0.4, -0.2) is 14.9 Å². The van der Waals surface area contributed by atoms with Crippen molar-refractivity contribution >= 4 is 11.6 Å². The molecule has 0 amide bonds. The third-order valence-electron chi connectivity index (χ3n) is 2.19. The fourth-order valence-corrected chi connectivity index (χ4v) is 1.40. The summed E-state index contributed by atoms with van der Waals surface area (Å²) in [4.78, 5) is 18.3. The summed E-state index contributed by atoms with van der Waals surface area (Å²) in [7, 11) is 0. The second-order valence-corrected chi connectivity index (χ2v) is 3.31. The molecule has 0 atom stereocenters. The molecule has 2 aromatic rings. The Bertz CT molecular complexity index is 516. The number of para-hydroxylation sites is 1. The van der Waals surface area contributed by atoms with E-state index in [4.69, 9.17) is 0 Å². The minimum Gasteiger partial charge on any atom is -0.350 e. The minimum absolute atomic E-state index is 0.0935. The van der Waals surface area contributed by atoms with E-state index in [-0.39, 0.29) is 5.69 Å². The van der Waals surface area contributed by atoms with Gasteiger partial charge in [-0.05, 0) is 6.07 Å². The Morgan fingerprint density at radius 3 is 2.59 bits per heavy atom. The average molecular weight is 230 g/mol. The van der Waals surface area contributed by atoms with Crippen LogP contribution in [0.25, 0.3) is 0 Å². The summed E-state index contributed by atoms with van der Waals surface area (Å²) >= 11 is 0. The second kappa shape index (κ2) is 5.02. The van der Waals surface area contributed by atoms with Crippen LogP contribution in [0.4, 0.5) is 11.6 Å². The highest BCUT2D eigenvalue weighted by Gasteiger charge is 2.11. The summed E-state index contributed by atoms with van der Waals surface area (Å²) in [6.45, 7) is 0.321. The van der Waals surface area contributed by atoms with Crippen molar-refractivity contribution in [3.05, 3.63) is 58.4 Å². The number of hydrogen-bond acceptors (Lipinski definition) is 5. The monoisotopic (exact) mass is 230 g/mol. The van der Waals surface area contributed by atoms with Gasteiger partial charge in [-0.2, -0.15) is 0 Å². The molecule has 1 N–H and O–H groups in total. The molecule has 6 nitrogen and oxygen atoms in total. The van der Waals surface area contributed by atoms with Crippen molar-refractivity contribution in [1.29, 1.82) is 0 Å². The molecule has 0 radical (unpaired) electrons. The predicted octanol–water partition coefficient (Wildman–Crippen LogP) is 2.00. The Morgan fingerprint density at radius 2 is 1.88 bits per heavy atom. The average Bonchev–Trinajstić information content (AvgIpc) is 2.38. The van der Waals surface area contributed by atoms with Gasteiger partial charge in [0.25, 0.3) is 5.69 Å². The molecular weight excluding hydrogens is 220 g/mol. The number of hydrogen-bond donors (Lipinski definition) is 1. The number of aromatic nitrogens is 2. The maximum atomic E-state index is 10.8.